The molecule has 1 N–H and O–H groups in total. The van der Waals surface area contributed by atoms with Gasteiger partial charge in [-0.15, -0.1) is 0 Å². The molecule has 21 heavy (non-hydrogen) atoms. The molecule has 3 rings (SSSR count). The first kappa shape index (κ1) is 14.5. The Hall–Kier alpha value is -1.39. The van der Waals surface area contributed by atoms with Crippen LogP contribution in [0.2, 0.25) is 0 Å². The number of hydrogen-bond donors (Lipinski definition) is 1. The Morgan fingerprint density at radius 2 is 2.19 bits per heavy atom. The van der Waals surface area contributed by atoms with Crippen LogP contribution in [0.5, 0.6) is 0 Å². The Balaban J connectivity index is 1.85. The summed E-state index contributed by atoms with van der Waals surface area (Å²) in [5.41, 5.74) is 3.70. The summed E-state index contributed by atoms with van der Waals surface area (Å²) in [7, 11) is 0. The molecule has 0 saturated carbocycles. The van der Waals surface area contributed by atoms with Crippen molar-refractivity contribution in [3.63, 3.8) is 0 Å². The minimum absolute atomic E-state index is 0.00583. The number of carbonyl (C=O) groups excluding carboxylic acids is 1. The third-order valence-electron chi connectivity index (χ3n) is 4.57. The summed E-state index contributed by atoms with van der Waals surface area (Å²) in [6, 6.07) is 6.33. The van der Waals surface area contributed by atoms with Crippen molar-refractivity contribution >= 4 is 5.91 Å². The van der Waals surface area contributed by atoms with E-state index in [9.17, 15) is 4.79 Å². The van der Waals surface area contributed by atoms with Crippen LogP contribution in [-0.2, 0) is 9.53 Å². The lowest BCUT2D eigenvalue weighted by Crippen LogP contribution is -2.35. The average molecular weight is 288 g/mol. The lowest BCUT2D eigenvalue weighted by atomic mass is 10.0. The van der Waals surface area contributed by atoms with Gasteiger partial charge in [0.25, 0.3) is 0 Å². The summed E-state index contributed by atoms with van der Waals surface area (Å²) in [5, 5.41) is 3.44. The zero-order chi connectivity index (χ0) is 15.0. The van der Waals surface area contributed by atoms with Gasteiger partial charge in [0.15, 0.2) is 0 Å². The van der Waals surface area contributed by atoms with Crippen molar-refractivity contribution < 1.29 is 9.53 Å². The number of ether oxygens (including phenoxy) is 1. The molecule has 1 aromatic carbocycles. The minimum Gasteiger partial charge on any atom is -0.381 e. The number of carbonyl (C=O) groups is 1. The molecule has 2 saturated heterocycles. The lowest BCUT2D eigenvalue weighted by Gasteiger charge is -2.28. The predicted octanol–water partition coefficient (Wildman–Crippen LogP) is 2.16. The van der Waals surface area contributed by atoms with Crippen LogP contribution in [0.3, 0.4) is 0 Å². The molecule has 0 aliphatic carbocycles. The largest absolute Gasteiger partial charge is 0.381 e. The van der Waals surface area contributed by atoms with Crippen molar-refractivity contribution in [3.05, 3.63) is 34.9 Å². The standard InChI is InChI=1S/C17H24N2O2/c1-11-4-5-15(12(2)8-11)16-18-13(3)17(20)19(16)9-14-6-7-21-10-14/h4-5,8,13-14,16,18H,6-7,9-10H2,1-3H3. The van der Waals surface area contributed by atoms with E-state index >= 15 is 0 Å². The first-order chi connectivity index (χ1) is 10.1. The summed E-state index contributed by atoms with van der Waals surface area (Å²) in [6.07, 6.45) is 1.05. The number of amides is 1. The topological polar surface area (TPSA) is 41.6 Å². The third kappa shape index (κ3) is 2.83. The fourth-order valence-electron chi connectivity index (χ4n) is 3.37. The molecule has 0 spiro atoms. The fourth-order valence-corrected chi connectivity index (χ4v) is 3.37. The van der Waals surface area contributed by atoms with E-state index in [0.29, 0.717) is 5.92 Å². The molecule has 4 nitrogen and oxygen atoms in total. The molecule has 3 atom stereocenters. The highest BCUT2D eigenvalue weighted by molar-refractivity contribution is 5.84. The van der Waals surface area contributed by atoms with Crippen molar-refractivity contribution in [1.82, 2.24) is 10.2 Å². The van der Waals surface area contributed by atoms with Gasteiger partial charge in [-0.05, 0) is 38.3 Å². The molecule has 2 aliphatic rings. The maximum absolute atomic E-state index is 12.5. The maximum Gasteiger partial charge on any atom is 0.241 e. The number of benzene rings is 1. The summed E-state index contributed by atoms with van der Waals surface area (Å²) in [5.74, 6) is 0.668. The molecule has 3 unspecified atom stereocenters. The van der Waals surface area contributed by atoms with E-state index in [2.05, 4.69) is 37.4 Å². The second-order valence-corrected chi connectivity index (χ2v) is 6.37. The van der Waals surface area contributed by atoms with Gasteiger partial charge in [0.1, 0.15) is 6.17 Å². The summed E-state index contributed by atoms with van der Waals surface area (Å²) in [4.78, 5) is 14.5. The maximum atomic E-state index is 12.5. The molecule has 1 aromatic rings. The highest BCUT2D eigenvalue weighted by atomic mass is 16.5. The Labute approximate surface area is 126 Å². The van der Waals surface area contributed by atoms with E-state index in [1.54, 1.807) is 0 Å². The van der Waals surface area contributed by atoms with Crippen LogP contribution < -0.4 is 5.32 Å². The molecule has 0 radical (unpaired) electrons. The van der Waals surface area contributed by atoms with E-state index in [0.717, 1.165) is 26.2 Å². The number of nitrogens with zero attached hydrogens (tertiary/aromatic N) is 1. The van der Waals surface area contributed by atoms with E-state index in [4.69, 9.17) is 4.74 Å². The van der Waals surface area contributed by atoms with Gasteiger partial charge in [0.2, 0.25) is 5.91 Å². The first-order valence-electron chi connectivity index (χ1n) is 7.77. The van der Waals surface area contributed by atoms with Crippen LogP contribution >= 0.6 is 0 Å². The van der Waals surface area contributed by atoms with Gasteiger partial charge in [-0.25, -0.2) is 0 Å². The fraction of sp³-hybridized carbons (Fsp3) is 0.588. The van der Waals surface area contributed by atoms with Crippen LogP contribution in [0.25, 0.3) is 0 Å². The Bertz CT molecular complexity index is 538. The smallest absolute Gasteiger partial charge is 0.241 e. The molecule has 2 fully saturated rings. The summed E-state index contributed by atoms with van der Waals surface area (Å²) >= 11 is 0. The normalized spacial score (nSPS) is 29.4. The lowest BCUT2D eigenvalue weighted by molar-refractivity contribution is -0.130. The SMILES string of the molecule is Cc1ccc(C2NC(C)C(=O)N2CC2CCOC2)c(C)c1. The zero-order valence-electron chi connectivity index (χ0n) is 13.1. The molecule has 0 bridgehead atoms. The number of aryl methyl sites for hydroxylation is 2. The van der Waals surface area contributed by atoms with Crippen molar-refractivity contribution in [1.29, 1.82) is 0 Å². The Morgan fingerprint density at radius 3 is 2.86 bits per heavy atom. The van der Waals surface area contributed by atoms with E-state index < -0.39 is 0 Å². The van der Waals surface area contributed by atoms with Gasteiger partial charge in [-0.2, -0.15) is 0 Å². The number of rotatable bonds is 3. The number of nitrogens with one attached hydrogen (secondary N) is 1. The van der Waals surface area contributed by atoms with Crippen molar-refractivity contribution in [2.45, 2.75) is 39.4 Å². The highest BCUT2D eigenvalue weighted by Crippen LogP contribution is 2.30. The predicted molar refractivity (Wildman–Crippen MR) is 81.9 cm³/mol. The van der Waals surface area contributed by atoms with E-state index in [1.165, 1.54) is 16.7 Å². The van der Waals surface area contributed by atoms with Crippen molar-refractivity contribution in [2.24, 2.45) is 5.92 Å². The summed E-state index contributed by atoms with van der Waals surface area (Å²) < 4.78 is 5.45. The average Bonchev–Trinajstić information content (AvgIpc) is 3.03. The second kappa shape index (κ2) is 5.78. The molecule has 0 aromatic heterocycles. The van der Waals surface area contributed by atoms with Crippen LogP contribution in [0, 0.1) is 19.8 Å². The summed E-state index contributed by atoms with van der Waals surface area (Å²) in [6.45, 7) is 8.55. The van der Waals surface area contributed by atoms with Gasteiger partial charge in [0, 0.05) is 19.1 Å². The van der Waals surface area contributed by atoms with Crippen molar-refractivity contribution in [3.8, 4) is 0 Å². The Kier molecular flexibility index (Phi) is 4.00. The molecule has 114 valence electrons. The highest BCUT2D eigenvalue weighted by Gasteiger charge is 2.39. The van der Waals surface area contributed by atoms with Crippen LogP contribution in [0.1, 0.15) is 36.2 Å². The van der Waals surface area contributed by atoms with Gasteiger partial charge < -0.3 is 9.64 Å². The van der Waals surface area contributed by atoms with Crippen LogP contribution in [0.4, 0.5) is 0 Å². The van der Waals surface area contributed by atoms with Crippen molar-refractivity contribution in [2.75, 3.05) is 19.8 Å². The molecule has 4 heteroatoms. The van der Waals surface area contributed by atoms with E-state index in [1.807, 2.05) is 11.8 Å². The molecule has 2 heterocycles. The minimum atomic E-state index is -0.113. The van der Waals surface area contributed by atoms with Gasteiger partial charge in [-0.3, -0.25) is 10.1 Å². The molecular weight excluding hydrogens is 264 g/mol. The first-order valence-corrected chi connectivity index (χ1v) is 7.77. The number of hydrogen-bond acceptors (Lipinski definition) is 3. The van der Waals surface area contributed by atoms with Gasteiger partial charge in [-0.1, -0.05) is 23.8 Å². The second-order valence-electron chi connectivity index (χ2n) is 6.37. The third-order valence-corrected chi connectivity index (χ3v) is 4.57. The molecular formula is C17H24N2O2. The van der Waals surface area contributed by atoms with Crippen LogP contribution in [0.15, 0.2) is 18.2 Å². The van der Waals surface area contributed by atoms with Gasteiger partial charge in [0.05, 0.1) is 12.6 Å². The van der Waals surface area contributed by atoms with Crippen LogP contribution in [-0.4, -0.2) is 36.6 Å². The molecule has 2 aliphatic heterocycles. The molecule has 1 amide bonds. The van der Waals surface area contributed by atoms with Gasteiger partial charge >= 0.3 is 0 Å². The zero-order valence-corrected chi connectivity index (χ0v) is 13.1. The quantitative estimate of drug-likeness (QED) is 0.926. The Morgan fingerprint density at radius 1 is 1.38 bits per heavy atom. The van der Waals surface area contributed by atoms with E-state index in [-0.39, 0.29) is 18.1 Å². The monoisotopic (exact) mass is 288 g/mol.